The van der Waals surface area contributed by atoms with Gasteiger partial charge in [0.1, 0.15) is 22.5 Å². The average molecular weight is 446 g/mol. The van der Waals surface area contributed by atoms with Crippen LogP contribution in [0.25, 0.3) is 0 Å². The number of fused-ring (bicyclic) bond motifs is 1. The SMILES string of the molecule is CCOc1ccc([C@H]2C(C(=O)N(CC)CC)=C(C)N=C3SC(C#N)=C(N)N32)cc1Cl. The van der Waals surface area contributed by atoms with Crippen molar-refractivity contribution in [2.45, 2.75) is 33.7 Å². The molecule has 0 aliphatic carbocycles. The number of carbonyl (C=O) groups is 1. The molecule has 1 atom stereocenters. The number of amides is 1. The Hall–Kier alpha value is -2.63. The molecule has 30 heavy (non-hydrogen) atoms. The number of nitriles is 1. The molecular formula is C21H24ClN5O2S. The molecule has 1 aromatic carbocycles. The van der Waals surface area contributed by atoms with Crippen LogP contribution < -0.4 is 10.5 Å². The van der Waals surface area contributed by atoms with Crippen molar-refractivity contribution < 1.29 is 9.53 Å². The number of ether oxygens (including phenoxy) is 1. The van der Waals surface area contributed by atoms with Gasteiger partial charge in [0, 0.05) is 13.1 Å². The highest BCUT2D eigenvalue weighted by Crippen LogP contribution is 2.46. The number of amidine groups is 1. The number of carbonyl (C=O) groups excluding carboxylic acids is 1. The number of allylic oxidation sites excluding steroid dienone is 2. The lowest BCUT2D eigenvalue weighted by molar-refractivity contribution is -0.127. The van der Waals surface area contributed by atoms with E-state index in [1.54, 1.807) is 21.9 Å². The van der Waals surface area contributed by atoms with Gasteiger partial charge < -0.3 is 15.4 Å². The first-order valence-corrected chi connectivity index (χ1v) is 10.9. The number of nitrogens with two attached hydrogens (primary N) is 1. The number of aliphatic imine (C=N–C) groups is 1. The quantitative estimate of drug-likeness (QED) is 0.711. The number of rotatable bonds is 6. The molecule has 0 spiro atoms. The van der Waals surface area contributed by atoms with Crippen molar-refractivity contribution in [3.63, 3.8) is 0 Å². The van der Waals surface area contributed by atoms with Gasteiger partial charge in [-0.2, -0.15) is 5.26 Å². The molecule has 3 rings (SSSR count). The molecule has 7 nitrogen and oxygen atoms in total. The van der Waals surface area contributed by atoms with Gasteiger partial charge >= 0.3 is 0 Å². The van der Waals surface area contributed by atoms with E-state index in [1.165, 1.54) is 11.8 Å². The molecule has 0 saturated carbocycles. The summed E-state index contributed by atoms with van der Waals surface area (Å²) in [6.45, 7) is 9.21. The van der Waals surface area contributed by atoms with E-state index in [0.717, 1.165) is 5.56 Å². The number of hydrogen-bond acceptors (Lipinski definition) is 7. The molecule has 2 N–H and O–H groups in total. The van der Waals surface area contributed by atoms with Gasteiger partial charge in [-0.05, 0) is 57.2 Å². The molecule has 1 amide bonds. The fraction of sp³-hybridized carbons (Fsp3) is 0.381. The third kappa shape index (κ3) is 3.75. The monoisotopic (exact) mass is 445 g/mol. The van der Waals surface area contributed by atoms with Crippen molar-refractivity contribution in [3.05, 3.63) is 50.8 Å². The van der Waals surface area contributed by atoms with Crippen LogP contribution in [-0.2, 0) is 4.79 Å². The second-order valence-corrected chi connectivity index (χ2v) is 8.08. The highest BCUT2D eigenvalue weighted by Gasteiger charge is 2.43. The van der Waals surface area contributed by atoms with Gasteiger partial charge in [0.05, 0.1) is 28.9 Å². The van der Waals surface area contributed by atoms with Crippen molar-refractivity contribution >= 4 is 34.4 Å². The van der Waals surface area contributed by atoms with Crippen molar-refractivity contribution in [3.8, 4) is 11.8 Å². The first-order valence-electron chi connectivity index (χ1n) is 9.75. The normalized spacial score (nSPS) is 18.2. The molecule has 9 heteroatoms. The van der Waals surface area contributed by atoms with Crippen molar-refractivity contribution in [1.29, 1.82) is 5.26 Å². The molecule has 0 aromatic heterocycles. The van der Waals surface area contributed by atoms with Gasteiger partial charge in [0.2, 0.25) is 0 Å². The minimum atomic E-state index is -0.544. The van der Waals surface area contributed by atoms with Crippen LogP contribution in [0.1, 0.15) is 39.3 Å². The fourth-order valence-electron chi connectivity index (χ4n) is 3.57. The molecule has 0 saturated heterocycles. The summed E-state index contributed by atoms with van der Waals surface area (Å²) in [4.78, 5) is 21.9. The zero-order chi connectivity index (χ0) is 22.0. The van der Waals surface area contributed by atoms with Crippen LogP contribution in [0.4, 0.5) is 0 Å². The predicted octanol–water partition coefficient (Wildman–Crippen LogP) is 3.99. The zero-order valence-corrected chi connectivity index (χ0v) is 19.0. The van der Waals surface area contributed by atoms with E-state index in [0.29, 0.717) is 51.8 Å². The Morgan fingerprint density at radius 2 is 2.10 bits per heavy atom. The molecule has 2 aliphatic rings. The number of nitrogens with zero attached hydrogens (tertiary/aromatic N) is 4. The van der Waals surface area contributed by atoms with Gasteiger partial charge in [-0.1, -0.05) is 17.7 Å². The van der Waals surface area contributed by atoms with Gasteiger partial charge in [-0.3, -0.25) is 9.69 Å². The van der Waals surface area contributed by atoms with Crippen LogP contribution in [0, 0.1) is 11.3 Å². The van der Waals surface area contributed by atoms with Crippen LogP contribution in [0.5, 0.6) is 5.75 Å². The predicted molar refractivity (Wildman–Crippen MR) is 120 cm³/mol. The first-order chi connectivity index (χ1) is 14.4. The van der Waals surface area contributed by atoms with E-state index in [1.807, 2.05) is 33.8 Å². The fourth-order valence-corrected chi connectivity index (χ4v) is 4.73. The molecule has 0 fully saturated rings. The summed E-state index contributed by atoms with van der Waals surface area (Å²) >= 11 is 7.66. The number of benzene rings is 1. The van der Waals surface area contributed by atoms with Crippen molar-refractivity contribution in [2.24, 2.45) is 10.7 Å². The van der Waals surface area contributed by atoms with Crippen LogP contribution in [0.3, 0.4) is 0 Å². The van der Waals surface area contributed by atoms with Crippen LogP contribution >= 0.6 is 23.4 Å². The Morgan fingerprint density at radius 3 is 2.67 bits per heavy atom. The van der Waals surface area contributed by atoms with Crippen LogP contribution in [-0.4, -0.2) is 40.6 Å². The summed E-state index contributed by atoms with van der Waals surface area (Å²) in [5.74, 6) is 0.745. The summed E-state index contributed by atoms with van der Waals surface area (Å²) in [5.41, 5.74) is 8.21. The average Bonchev–Trinajstić information content (AvgIpc) is 3.04. The Bertz CT molecular complexity index is 1010. The summed E-state index contributed by atoms with van der Waals surface area (Å²) in [6, 6.07) is 7.02. The highest BCUT2D eigenvalue weighted by molar-refractivity contribution is 8.17. The summed E-state index contributed by atoms with van der Waals surface area (Å²) in [6.07, 6.45) is 0. The van der Waals surface area contributed by atoms with Gasteiger partial charge in [0.25, 0.3) is 5.91 Å². The smallest absolute Gasteiger partial charge is 0.254 e. The van der Waals surface area contributed by atoms with Gasteiger partial charge in [-0.15, -0.1) is 0 Å². The van der Waals surface area contributed by atoms with E-state index in [9.17, 15) is 10.1 Å². The van der Waals surface area contributed by atoms with E-state index in [4.69, 9.17) is 22.1 Å². The maximum atomic E-state index is 13.4. The minimum absolute atomic E-state index is 0.112. The molecular weight excluding hydrogens is 422 g/mol. The lowest BCUT2D eigenvalue weighted by Crippen LogP contribution is -2.42. The van der Waals surface area contributed by atoms with E-state index in [2.05, 4.69) is 11.1 Å². The Balaban J connectivity index is 2.19. The molecule has 1 aromatic rings. The van der Waals surface area contributed by atoms with Gasteiger partial charge in [-0.25, -0.2) is 4.99 Å². The molecule has 0 radical (unpaired) electrons. The van der Waals surface area contributed by atoms with E-state index >= 15 is 0 Å². The molecule has 2 heterocycles. The topological polar surface area (TPSA) is 94.9 Å². The Labute approximate surface area is 185 Å². The molecule has 0 unspecified atom stereocenters. The minimum Gasteiger partial charge on any atom is -0.492 e. The lowest BCUT2D eigenvalue weighted by atomic mass is 9.93. The summed E-state index contributed by atoms with van der Waals surface area (Å²) in [5, 5.41) is 10.5. The largest absolute Gasteiger partial charge is 0.492 e. The third-order valence-corrected chi connectivity index (χ3v) is 6.30. The maximum absolute atomic E-state index is 13.4. The second-order valence-electron chi connectivity index (χ2n) is 6.69. The summed E-state index contributed by atoms with van der Waals surface area (Å²) < 4.78 is 5.55. The lowest BCUT2D eigenvalue weighted by Gasteiger charge is -2.37. The van der Waals surface area contributed by atoms with Crippen molar-refractivity contribution in [1.82, 2.24) is 9.80 Å². The second kappa shape index (κ2) is 9.02. The Morgan fingerprint density at radius 1 is 1.40 bits per heavy atom. The van der Waals surface area contributed by atoms with Crippen molar-refractivity contribution in [2.75, 3.05) is 19.7 Å². The standard InChI is InChI=1S/C21H24ClN5O2S/c1-5-26(6-2)20(28)17-12(4)25-21-27(19(24)16(11-23)30-21)18(17)13-8-9-15(29-7-3)14(22)10-13/h8-10,18H,5-7,24H2,1-4H3/t18-/m0/s1. The number of hydrogen-bond donors (Lipinski definition) is 1. The van der Waals surface area contributed by atoms with E-state index in [-0.39, 0.29) is 11.7 Å². The number of thioether (sulfide) groups is 1. The number of halogens is 1. The number of likely N-dealkylation sites (N-methyl/N-ethyl adjacent to an activating group) is 1. The summed E-state index contributed by atoms with van der Waals surface area (Å²) in [7, 11) is 0. The molecule has 158 valence electrons. The maximum Gasteiger partial charge on any atom is 0.254 e. The van der Waals surface area contributed by atoms with Crippen LogP contribution in [0.2, 0.25) is 5.02 Å². The molecule has 0 bridgehead atoms. The highest BCUT2D eigenvalue weighted by atomic mass is 35.5. The zero-order valence-electron chi connectivity index (χ0n) is 17.4. The van der Waals surface area contributed by atoms with Crippen LogP contribution in [0.15, 0.2) is 45.2 Å². The van der Waals surface area contributed by atoms with E-state index < -0.39 is 6.04 Å². The Kier molecular flexibility index (Phi) is 6.64. The van der Waals surface area contributed by atoms with Gasteiger partial charge in [0.15, 0.2) is 5.17 Å². The molecule has 2 aliphatic heterocycles. The first kappa shape index (κ1) is 22.1. The third-order valence-electron chi connectivity index (χ3n) is 5.03.